The van der Waals surface area contributed by atoms with Gasteiger partial charge >= 0.3 is 11.9 Å². The molecule has 23 nitrogen and oxygen atoms in total. The number of amides is 8. The third kappa shape index (κ3) is 21.2. The molecule has 0 saturated heterocycles. The number of aliphatic hydroxyl groups excluding tert-OH is 1. The van der Waals surface area contributed by atoms with Crippen LogP contribution in [0.2, 0.25) is 0 Å². The predicted molar refractivity (Wildman–Crippen MR) is 279 cm³/mol. The third-order valence-corrected chi connectivity index (χ3v) is 12.7. The molecule has 75 heavy (non-hydrogen) atoms. The normalized spacial score (nSPS) is 15.6. The Morgan fingerprint density at radius 2 is 1.13 bits per heavy atom. The number of nitrogens with zero attached hydrogens (tertiary/aromatic N) is 5. The third-order valence-electron chi connectivity index (χ3n) is 12.7. The van der Waals surface area contributed by atoms with E-state index in [0.717, 1.165) is 20.3 Å². The molecule has 0 fully saturated rings. The van der Waals surface area contributed by atoms with E-state index in [9.17, 15) is 63.3 Å². The zero-order valence-electron chi connectivity index (χ0n) is 46.9. The maximum absolute atomic E-state index is 14.4. The zero-order chi connectivity index (χ0) is 58.0. The second-order valence-corrected chi connectivity index (χ2v) is 21.4. The van der Waals surface area contributed by atoms with Gasteiger partial charge < -0.3 is 66.2 Å². The van der Waals surface area contributed by atoms with Gasteiger partial charge in [0.15, 0.2) is 0 Å². The van der Waals surface area contributed by atoms with Gasteiger partial charge in [-0.2, -0.15) is 0 Å². The molecule has 1 aromatic rings. The van der Waals surface area contributed by atoms with Crippen LogP contribution in [-0.4, -0.2) is 207 Å². The number of hydrogen-bond donors (Lipinski definition) is 7. The number of carbonyl (C=O) groups excluding carboxylic acids is 8. The number of nitrogens with one attached hydrogen (secondary N) is 3. The summed E-state index contributed by atoms with van der Waals surface area (Å²) in [4.78, 5) is 141. The van der Waals surface area contributed by atoms with Gasteiger partial charge in [0.1, 0.15) is 42.3 Å². The minimum absolute atomic E-state index is 0.0674. The molecule has 10 atom stereocenters. The molecule has 0 aliphatic rings. The number of carboxylic acids is 2. The van der Waals surface area contributed by atoms with Crippen LogP contribution in [0.25, 0.3) is 0 Å². The van der Waals surface area contributed by atoms with Gasteiger partial charge in [-0.3, -0.25) is 43.2 Å². The summed E-state index contributed by atoms with van der Waals surface area (Å²) in [6.07, 6.45) is -1.81. The number of hydrogen-bond acceptors (Lipinski definition) is 13. The Kier molecular flexibility index (Phi) is 27.1. The quantitative estimate of drug-likeness (QED) is 0.0558. The molecule has 424 valence electrons. The first-order chi connectivity index (χ1) is 34.6. The van der Waals surface area contributed by atoms with Gasteiger partial charge in [-0.05, 0) is 70.8 Å². The van der Waals surface area contributed by atoms with Crippen LogP contribution in [0.3, 0.4) is 0 Å². The maximum Gasteiger partial charge on any atom is 0.326 e. The Bertz CT molecular complexity index is 2120. The number of ether oxygens (including phenoxy) is 1. The Hall–Kier alpha value is -6.20. The lowest BCUT2D eigenvalue weighted by atomic mass is 9.95. The van der Waals surface area contributed by atoms with Crippen LogP contribution in [-0.2, 0) is 59.1 Å². The van der Waals surface area contributed by atoms with Crippen molar-refractivity contribution in [3.63, 3.8) is 0 Å². The van der Waals surface area contributed by atoms with Crippen LogP contribution in [0.15, 0.2) is 30.3 Å². The van der Waals surface area contributed by atoms with E-state index in [-0.39, 0.29) is 31.1 Å². The average Bonchev–Trinajstić information content (AvgIpc) is 3.32. The fourth-order valence-corrected chi connectivity index (χ4v) is 8.14. The summed E-state index contributed by atoms with van der Waals surface area (Å²) in [7, 11) is 6.77. The van der Waals surface area contributed by atoms with Crippen LogP contribution in [0.1, 0.15) is 107 Å². The number of rotatable bonds is 30. The topological polar surface area (TPSA) is 319 Å². The number of aliphatic hydroxyl groups is 1. The van der Waals surface area contributed by atoms with Gasteiger partial charge in [-0.1, -0.05) is 78.3 Å². The molecule has 23 heteroatoms. The van der Waals surface area contributed by atoms with Crippen molar-refractivity contribution in [2.75, 3.05) is 48.4 Å². The van der Waals surface area contributed by atoms with Crippen molar-refractivity contribution in [2.24, 2.45) is 23.5 Å². The molecule has 0 aromatic heterocycles. The van der Waals surface area contributed by atoms with Crippen molar-refractivity contribution in [3.8, 4) is 0 Å². The largest absolute Gasteiger partial charge is 0.481 e. The van der Waals surface area contributed by atoms with Gasteiger partial charge in [0, 0.05) is 41.7 Å². The molecule has 0 saturated carbocycles. The van der Waals surface area contributed by atoms with Crippen molar-refractivity contribution in [1.82, 2.24) is 40.4 Å². The Balaban J connectivity index is 3.53. The minimum Gasteiger partial charge on any atom is -0.481 e. The summed E-state index contributed by atoms with van der Waals surface area (Å²) in [6.45, 7) is 17.5. The Morgan fingerprint density at radius 3 is 1.59 bits per heavy atom. The van der Waals surface area contributed by atoms with Gasteiger partial charge in [-0.25, -0.2) is 4.79 Å². The summed E-state index contributed by atoms with van der Waals surface area (Å²) in [6, 6.07) is -1.64. The molecule has 8 N–H and O–H groups in total. The highest BCUT2D eigenvalue weighted by atomic mass is 16.5. The molecule has 0 aliphatic carbocycles. The van der Waals surface area contributed by atoms with Gasteiger partial charge in [0.2, 0.25) is 47.3 Å². The van der Waals surface area contributed by atoms with Gasteiger partial charge in [0.25, 0.3) is 0 Å². The van der Waals surface area contributed by atoms with Crippen molar-refractivity contribution >= 4 is 59.2 Å². The lowest BCUT2D eigenvalue weighted by Crippen LogP contribution is -2.61. The van der Waals surface area contributed by atoms with E-state index >= 15 is 0 Å². The molecule has 0 unspecified atom stereocenters. The van der Waals surface area contributed by atoms with Crippen LogP contribution < -0.4 is 21.7 Å². The molecule has 0 radical (unpaired) electrons. The number of carboxylic acid groups (broad SMARTS) is 2. The highest BCUT2D eigenvalue weighted by Crippen LogP contribution is 2.21. The van der Waals surface area contributed by atoms with Crippen LogP contribution in [0.5, 0.6) is 0 Å². The first-order valence-electron chi connectivity index (χ1n) is 25.4. The number of carbonyl (C=O) groups is 10. The monoisotopic (exact) mass is 1060 g/mol. The van der Waals surface area contributed by atoms with Crippen LogP contribution in [0.4, 0.5) is 0 Å². The highest BCUT2D eigenvalue weighted by Gasteiger charge is 2.41. The van der Waals surface area contributed by atoms with E-state index in [2.05, 4.69) is 16.0 Å². The van der Waals surface area contributed by atoms with Crippen LogP contribution in [0, 0.1) is 17.8 Å². The number of benzene rings is 1. The molecule has 0 aliphatic heterocycles. The van der Waals surface area contributed by atoms with E-state index in [0.29, 0.717) is 6.42 Å². The number of aliphatic carboxylic acids is 2. The highest BCUT2D eigenvalue weighted by molar-refractivity contribution is 5.98. The van der Waals surface area contributed by atoms with Crippen molar-refractivity contribution in [3.05, 3.63) is 35.9 Å². The molecule has 0 heterocycles. The van der Waals surface area contributed by atoms with E-state index in [1.54, 1.807) is 72.7 Å². The van der Waals surface area contributed by atoms with Crippen molar-refractivity contribution < 1.29 is 68.0 Å². The second kappa shape index (κ2) is 30.4. The summed E-state index contributed by atoms with van der Waals surface area (Å²) in [5.41, 5.74) is 5.84. The molecular formula is C52H87N9O14. The number of likely N-dealkylation sites (N-methyl/N-ethyl adjacent to an activating group) is 5. The first kappa shape index (κ1) is 66.8. The summed E-state index contributed by atoms with van der Waals surface area (Å²) >= 11 is 0. The molecule has 0 bridgehead atoms. The predicted octanol–water partition coefficient (Wildman–Crippen LogP) is 0.691. The smallest absolute Gasteiger partial charge is 0.326 e. The second-order valence-electron chi connectivity index (χ2n) is 21.4. The summed E-state index contributed by atoms with van der Waals surface area (Å²) < 4.78 is 5.94. The van der Waals surface area contributed by atoms with E-state index in [1.165, 1.54) is 58.9 Å². The Labute approximate surface area is 442 Å². The molecule has 1 aromatic carbocycles. The van der Waals surface area contributed by atoms with Gasteiger partial charge in [-0.15, -0.1) is 0 Å². The summed E-state index contributed by atoms with van der Waals surface area (Å²) in [5.74, 6) is -10.0. The number of nitrogens with two attached hydrogens (primary N) is 1. The fourth-order valence-electron chi connectivity index (χ4n) is 8.14. The summed E-state index contributed by atoms with van der Waals surface area (Å²) in [5, 5.41) is 37.3. The standard InChI is InChI=1S/C52H87N9O14/c1-17-31(6)43(46(68)54-35(51(73)74)26-41(64)65)61(16)48(70)36(28-75-52(9,10)11)55-44(66)37(23-29(2)3)58(13)40(63)27-57(12)50(72)42(33(8)62)56-45(67)38(24-30(4)5)59(14)49(71)39(60(15)47(69)32(7)53)25-34-21-19-18-20-22-34/h18-22,29-33,35-39,42-43,62H,17,23-28,53H2,1-16H3,(H,54,68)(H,55,66)(H,56,67)(H,64,65)(H,73,74)/t31-,32-,33+,35-,36-,37-,38-,39-,42-,43-/m0/s1. The minimum atomic E-state index is -1.80. The molecule has 0 spiro atoms. The van der Waals surface area contributed by atoms with Crippen molar-refractivity contribution in [2.45, 2.75) is 168 Å². The molecule has 1 rings (SSSR count). The van der Waals surface area contributed by atoms with Crippen LogP contribution >= 0.6 is 0 Å². The van der Waals surface area contributed by atoms with Crippen molar-refractivity contribution in [1.29, 1.82) is 0 Å². The van der Waals surface area contributed by atoms with E-state index in [4.69, 9.17) is 10.5 Å². The van der Waals surface area contributed by atoms with E-state index < -0.39 is 145 Å². The SMILES string of the molecule is CC[C@H](C)[C@@H](C(=O)N[C@@H](CC(=O)O)C(=O)O)N(C)C(=O)[C@H](COC(C)(C)C)NC(=O)[C@H](CC(C)C)N(C)C(=O)CN(C)C(=O)[C@@H](NC(=O)[C@H](CC(C)C)N(C)C(=O)[C@H](Cc1ccccc1)N(C)C(=O)[C@H](C)N)[C@@H](C)O. The fraction of sp³-hybridized carbons (Fsp3) is 0.692. The average molecular weight is 1060 g/mol. The molecule has 8 amide bonds. The van der Waals surface area contributed by atoms with Gasteiger partial charge in [0.05, 0.1) is 37.3 Å². The zero-order valence-corrected chi connectivity index (χ0v) is 46.9. The lowest BCUT2D eigenvalue weighted by Gasteiger charge is -2.37. The first-order valence-corrected chi connectivity index (χ1v) is 25.4. The maximum atomic E-state index is 14.4. The van der Waals surface area contributed by atoms with E-state index in [1.807, 2.05) is 19.9 Å². The lowest BCUT2D eigenvalue weighted by molar-refractivity contribution is -0.151. The molecular weight excluding hydrogens is 975 g/mol. The Morgan fingerprint density at radius 1 is 0.640 bits per heavy atom.